The number of hydrogen-bond donors (Lipinski definition) is 1. The van der Waals surface area contributed by atoms with Crippen LogP contribution in [0.15, 0.2) is 23.4 Å². The van der Waals surface area contributed by atoms with Crippen molar-refractivity contribution >= 4 is 33.5 Å². The summed E-state index contributed by atoms with van der Waals surface area (Å²) >= 11 is 1.89. The van der Waals surface area contributed by atoms with E-state index in [2.05, 4.69) is 9.97 Å². The van der Waals surface area contributed by atoms with Crippen molar-refractivity contribution in [2.75, 3.05) is 0 Å². The minimum Gasteiger partial charge on any atom is -0.357 e. The van der Waals surface area contributed by atoms with Gasteiger partial charge in [0.15, 0.2) is 5.82 Å². The Hall–Kier alpha value is -0.980. The van der Waals surface area contributed by atoms with Gasteiger partial charge in [0.25, 0.3) is 0 Å². The van der Waals surface area contributed by atoms with Crippen LogP contribution in [0.2, 0.25) is 0 Å². The molecule has 0 aromatic carbocycles. The van der Waals surface area contributed by atoms with Gasteiger partial charge < -0.3 is 4.98 Å². The van der Waals surface area contributed by atoms with Crippen LogP contribution in [-0.2, 0) is 0 Å². The predicted octanol–water partition coefficient (Wildman–Crippen LogP) is 1.67. The molecular weight excluding hydrogens is 286 g/mol. The molecule has 0 fully saturated rings. The summed E-state index contributed by atoms with van der Waals surface area (Å²) in [6.07, 6.45) is 3.92. The maximum Gasteiger partial charge on any atom is 0.204 e. The van der Waals surface area contributed by atoms with Gasteiger partial charge in [-0.3, -0.25) is 9.78 Å². The highest BCUT2D eigenvalue weighted by Gasteiger charge is 2.05. The molecule has 1 N–H and O–H groups in total. The van der Waals surface area contributed by atoms with Crippen molar-refractivity contribution < 1.29 is 4.39 Å². The molecule has 0 aliphatic carbocycles. The third-order valence-electron chi connectivity index (χ3n) is 1.70. The Kier molecular flexibility index (Phi) is 2.03. The average Bonchev–Trinajstić information content (AvgIpc) is 2.12. The molecule has 2 heterocycles. The van der Waals surface area contributed by atoms with Crippen LogP contribution in [0.25, 0.3) is 10.9 Å². The van der Waals surface area contributed by atoms with Crippen molar-refractivity contribution in [3.63, 3.8) is 0 Å². The third kappa shape index (κ3) is 1.32. The topological polar surface area (TPSA) is 45.8 Å². The van der Waals surface area contributed by atoms with Crippen LogP contribution >= 0.6 is 22.6 Å². The van der Waals surface area contributed by atoms with Crippen molar-refractivity contribution in [2.24, 2.45) is 0 Å². The fourth-order valence-electron chi connectivity index (χ4n) is 1.08. The van der Waals surface area contributed by atoms with Crippen LogP contribution in [0.1, 0.15) is 0 Å². The molecule has 2 aromatic rings. The summed E-state index contributed by atoms with van der Waals surface area (Å²) < 4.78 is 13.6. The van der Waals surface area contributed by atoms with Crippen LogP contribution in [0, 0.1) is 9.39 Å². The summed E-state index contributed by atoms with van der Waals surface area (Å²) in [5.74, 6) is -0.508. The third-order valence-corrected chi connectivity index (χ3v) is 2.51. The van der Waals surface area contributed by atoms with Gasteiger partial charge in [-0.25, -0.2) is 4.39 Å². The van der Waals surface area contributed by atoms with Gasteiger partial charge >= 0.3 is 0 Å². The zero-order chi connectivity index (χ0) is 9.42. The Labute approximate surface area is 86.1 Å². The van der Waals surface area contributed by atoms with Crippen LogP contribution in [0.5, 0.6) is 0 Å². The van der Waals surface area contributed by atoms with E-state index in [1.807, 2.05) is 22.6 Å². The number of aromatic amines is 1. The molecule has 13 heavy (non-hydrogen) atoms. The summed E-state index contributed by atoms with van der Waals surface area (Å²) in [7, 11) is 0. The van der Waals surface area contributed by atoms with Crippen LogP contribution in [0.4, 0.5) is 4.39 Å². The minimum absolute atomic E-state index is 0.193. The number of fused-ring (bicyclic) bond motifs is 1. The molecule has 0 unspecified atom stereocenters. The molecule has 66 valence electrons. The lowest BCUT2D eigenvalue weighted by Crippen LogP contribution is -2.07. The molecule has 0 atom stereocenters. The summed E-state index contributed by atoms with van der Waals surface area (Å²) in [6.45, 7) is 0. The highest BCUT2D eigenvalue weighted by molar-refractivity contribution is 14.1. The smallest absolute Gasteiger partial charge is 0.204 e. The van der Waals surface area contributed by atoms with E-state index in [4.69, 9.17) is 0 Å². The standard InChI is InChI=1S/C8H4FIN2O/c9-5-2-11-1-4-7(5)12-3-6(10)8(4)13/h1-3H,(H,12,13). The van der Waals surface area contributed by atoms with E-state index in [-0.39, 0.29) is 16.3 Å². The van der Waals surface area contributed by atoms with Gasteiger partial charge in [-0.05, 0) is 22.6 Å². The second-order valence-electron chi connectivity index (χ2n) is 2.51. The fourth-order valence-corrected chi connectivity index (χ4v) is 1.53. The highest BCUT2D eigenvalue weighted by Crippen LogP contribution is 2.10. The molecular formula is C8H4FIN2O. The number of nitrogens with one attached hydrogen (secondary N) is 1. The number of pyridine rings is 2. The highest BCUT2D eigenvalue weighted by atomic mass is 127. The zero-order valence-corrected chi connectivity index (χ0v) is 8.50. The predicted molar refractivity (Wildman–Crippen MR) is 55.0 cm³/mol. The number of H-pyrrole nitrogens is 1. The summed E-state index contributed by atoms with van der Waals surface area (Å²) in [6, 6.07) is 0. The average molecular weight is 290 g/mol. The van der Waals surface area contributed by atoms with Crippen molar-refractivity contribution in [1.82, 2.24) is 9.97 Å². The molecule has 0 spiro atoms. The van der Waals surface area contributed by atoms with E-state index in [0.717, 1.165) is 6.20 Å². The Morgan fingerprint density at radius 1 is 1.46 bits per heavy atom. The largest absolute Gasteiger partial charge is 0.357 e. The summed E-state index contributed by atoms with van der Waals surface area (Å²) in [4.78, 5) is 17.8. The molecule has 0 radical (unpaired) electrons. The van der Waals surface area contributed by atoms with E-state index >= 15 is 0 Å². The molecule has 3 nitrogen and oxygen atoms in total. The normalized spacial score (nSPS) is 10.6. The molecule has 0 saturated carbocycles. The SMILES string of the molecule is O=c1c(I)c[nH]c2c(F)cncc12. The van der Waals surface area contributed by atoms with Crippen LogP contribution < -0.4 is 5.43 Å². The molecule has 0 bridgehead atoms. The van der Waals surface area contributed by atoms with Crippen molar-refractivity contribution in [2.45, 2.75) is 0 Å². The Morgan fingerprint density at radius 2 is 2.23 bits per heavy atom. The second kappa shape index (κ2) is 3.06. The first-order valence-corrected chi connectivity index (χ1v) is 4.58. The van der Waals surface area contributed by atoms with Gasteiger partial charge in [0.2, 0.25) is 5.43 Å². The quantitative estimate of drug-likeness (QED) is 0.750. The minimum atomic E-state index is -0.508. The van der Waals surface area contributed by atoms with Gasteiger partial charge in [0, 0.05) is 12.4 Å². The zero-order valence-electron chi connectivity index (χ0n) is 6.34. The molecule has 2 rings (SSSR count). The lowest BCUT2D eigenvalue weighted by Gasteiger charge is -1.97. The number of rotatable bonds is 0. The van der Waals surface area contributed by atoms with Gasteiger partial charge in [-0.15, -0.1) is 0 Å². The van der Waals surface area contributed by atoms with Crippen molar-refractivity contribution in [3.8, 4) is 0 Å². The number of nitrogens with zero attached hydrogens (tertiary/aromatic N) is 1. The van der Waals surface area contributed by atoms with Gasteiger partial charge in [-0.1, -0.05) is 0 Å². The molecule has 0 aliphatic heterocycles. The van der Waals surface area contributed by atoms with E-state index in [0.29, 0.717) is 3.57 Å². The van der Waals surface area contributed by atoms with Crippen LogP contribution in [0.3, 0.4) is 0 Å². The van der Waals surface area contributed by atoms with E-state index < -0.39 is 5.82 Å². The summed E-state index contributed by atoms with van der Waals surface area (Å²) in [5, 5.41) is 0.284. The number of aromatic nitrogens is 2. The lowest BCUT2D eigenvalue weighted by molar-refractivity contribution is 0.630. The first-order valence-electron chi connectivity index (χ1n) is 3.50. The molecule has 0 saturated heterocycles. The lowest BCUT2D eigenvalue weighted by atomic mass is 10.2. The fraction of sp³-hybridized carbons (Fsp3) is 0. The molecule has 0 amide bonds. The number of halogens is 2. The van der Waals surface area contributed by atoms with E-state index in [1.54, 1.807) is 0 Å². The second-order valence-corrected chi connectivity index (χ2v) is 3.67. The molecule has 2 aromatic heterocycles. The van der Waals surface area contributed by atoms with Gasteiger partial charge in [0.1, 0.15) is 0 Å². The van der Waals surface area contributed by atoms with Crippen molar-refractivity contribution in [3.05, 3.63) is 38.2 Å². The van der Waals surface area contributed by atoms with Gasteiger partial charge in [-0.2, -0.15) is 0 Å². The van der Waals surface area contributed by atoms with Crippen LogP contribution in [-0.4, -0.2) is 9.97 Å². The summed E-state index contributed by atoms with van der Waals surface area (Å²) in [5.41, 5.74) is 0.0155. The molecule has 0 aliphatic rings. The van der Waals surface area contributed by atoms with Gasteiger partial charge in [0.05, 0.1) is 20.7 Å². The Morgan fingerprint density at radius 3 is 3.00 bits per heavy atom. The first-order chi connectivity index (χ1) is 6.20. The molecule has 5 heteroatoms. The maximum atomic E-state index is 13.1. The maximum absolute atomic E-state index is 13.1. The van der Waals surface area contributed by atoms with Crippen molar-refractivity contribution in [1.29, 1.82) is 0 Å². The van der Waals surface area contributed by atoms with E-state index in [9.17, 15) is 9.18 Å². The Bertz CT molecular complexity index is 523. The number of hydrogen-bond acceptors (Lipinski definition) is 2. The van der Waals surface area contributed by atoms with E-state index in [1.165, 1.54) is 12.4 Å². The monoisotopic (exact) mass is 290 g/mol. The Balaban J connectivity index is 3.03. The first kappa shape index (κ1) is 8.61.